The van der Waals surface area contributed by atoms with Crippen molar-refractivity contribution in [1.29, 1.82) is 0 Å². The summed E-state index contributed by atoms with van der Waals surface area (Å²) >= 11 is 0. The van der Waals surface area contributed by atoms with Crippen molar-refractivity contribution in [2.75, 3.05) is 6.54 Å². The van der Waals surface area contributed by atoms with Gasteiger partial charge in [0.2, 0.25) is 5.88 Å². The maximum absolute atomic E-state index is 12.8. The number of para-hydroxylation sites is 2. The van der Waals surface area contributed by atoms with Gasteiger partial charge in [0.05, 0.1) is 29.1 Å². The Hall–Kier alpha value is -3.12. The topological polar surface area (TPSA) is 67.1 Å². The van der Waals surface area contributed by atoms with Gasteiger partial charge in [-0.05, 0) is 51.3 Å². The van der Waals surface area contributed by atoms with E-state index in [9.17, 15) is 9.90 Å². The lowest BCUT2D eigenvalue weighted by atomic mass is 10.0. The maximum Gasteiger partial charge on any atom is 0.323 e. The first-order valence-corrected chi connectivity index (χ1v) is 11.2. The molecule has 1 atom stereocenters. The van der Waals surface area contributed by atoms with Gasteiger partial charge < -0.3 is 9.84 Å². The molecule has 5 rings (SSSR count). The molecule has 0 bridgehead atoms. The highest BCUT2D eigenvalue weighted by atomic mass is 16.6. The number of hydrogen-bond acceptors (Lipinski definition) is 5. The summed E-state index contributed by atoms with van der Waals surface area (Å²) in [6.07, 6.45) is 2.39. The van der Waals surface area contributed by atoms with Crippen molar-refractivity contribution in [3.05, 3.63) is 59.7 Å². The molecule has 0 amide bonds. The number of carbonyl (C=O) groups excluding carboxylic acids is 1. The van der Waals surface area contributed by atoms with Gasteiger partial charge in [-0.1, -0.05) is 36.4 Å². The van der Waals surface area contributed by atoms with Crippen molar-refractivity contribution in [3.8, 4) is 5.88 Å². The van der Waals surface area contributed by atoms with Crippen LogP contribution in [0.5, 0.6) is 5.88 Å². The molecule has 3 heterocycles. The van der Waals surface area contributed by atoms with Crippen LogP contribution in [0.3, 0.4) is 0 Å². The first-order chi connectivity index (χ1) is 15.3. The van der Waals surface area contributed by atoms with Crippen molar-refractivity contribution in [1.82, 2.24) is 9.47 Å². The minimum Gasteiger partial charge on any atom is -0.494 e. The third-order valence-corrected chi connectivity index (χ3v) is 6.20. The van der Waals surface area contributed by atoms with Crippen molar-refractivity contribution in [2.45, 2.75) is 58.3 Å². The van der Waals surface area contributed by atoms with E-state index in [-0.39, 0.29) is 17.9 Å². The zero-order valence-electron chi connectivity index (χ0n) is 18.8. The summed E-state index contributed by atoms with van der Waals surface area (Å²) in [5, 5.41) is 12.3. The number of aromatic hydroxyl groups is 1. The Kier molecular flexibility index (Phi) is 5.05. The number of hydrogen-bond donors (Lipinski definition) is 1. The molecule has 2 aliphatic rings. The molecular formula is C26H29N3O3. The van der Waals surface area contributed by atoms with Gasteiger partial charge in [-0.25, -0.2) is 0 Å². The summed E-state index contributed by atoms with van der Waals surface area (Å²) < 4.78 is 7.56. The fourth-order valence-electron chi connectivity index (χ4n) is 4.81. The van der Waals surface area contributed by atoms with Crippen LogP contribution < -0.4 is 0 Å². The molecule has 1 N–H and O–H groups in total. The fraction of sp³-hybridized carbons (Fsp3) is 0.385. The Bertz CT molecular complexity index is 1220. The average Bonchev–Trinajstić information content (AvgIpc) is 3.43. The summed E-state index contributed by atoms with van der Waals surface area (Å²) in [6, 6.07) is 15.8. The van der Waals surface area contributed by atoms with Gasteiger partial charge in [0.15, 0.2) is 0 Å². The van der Waals surface area contributed by atoms with Crippen LogP contribution in [0.1, 0.15) is 44.7 Å². The monoisotopic (exact) mass is 431 g/mol. The molecule has 0 spiro atoms. The second-order valence-electron chi connectivity index (χ2n) is 9.65. The molecule has 6 heteroatoms. The van der Waals surface area contributed by atoms with Crippen LogP contribution in [0.2, 0.25) is 0 Å². The first kappa shape index (κ1) is 20.8. The number of aromatic nitrogens is 1. The Labute approximate surface area is 188 Å². The molecule has 1 aromatic heterocycles. The first-order valence-electron chi connectivity index (χ1n) is 11.2. The quantitative estimate of drug-likeness (QED) is 0.604. The third kappa shape index (κ3) is 3.69. The summed E-state index contributed by atoms with van der Waals surface area (Å²) in [5.74, 6) is 0.00869. The van der Waals surface area contributed by atoms with Crippen molar-refractivity contribution in [3.63, 3.8) is 0 Å². The van der Waals surface area contributed by atoms with Crippen LogP contribution in [0, 0.1) is 0 Å². The number of benzene rings is 2. The highest BCUT2D eigenvalue weighted by Crippen LogP contribution is 2.38. The van der Waals surface area contributed by atoms with E-state index < -0.39 is 5.60 Å². The summed E-state index contributed by atoms with van der Waals surface area (Å²) in [4.78, 5) is 19.7. The lowest BCUT2D eigenvalue weighted by molar-refractivity contribution is -0.160. The van der Waals surface area contributed by atoms with Crippen molar-refractivity contribution in [2.24, 2.45) is 4.99 Å². The highest BCUT2D eigenvalue weighted by molar-refractivity contribution is 6.16. The Morgan fingerprint density at radius 3 is 2.69 bits per heavy atom. The predicted octanol–water partition coefficient (Wildman–Crippen LogP) is 4.79. The number of rotatable bonds is 4. The number of fused-ring (bicyclic) bond motifs is 2. The lowest BCUT2D eigenvalue weighted by Gasteiger charge is -2.28. The minimum absolute atomic E-state index is 0.193. The van der Waals surface area contributed by atoms with Crippen molar-refractivity contribution >= 4 is 28.3 Å². The van der Waals surface area contributed by atoms with E-state index in [1.165, 1.54) is 5.56 Å². The molecule has 166 valence electrons. The average molecular weight is 432 g/mol. The zero-order chi connectivity index (χ0) is 22.5. The molecule has 6 nitrogen and oxygen atoms in total. The van der Waals surface area contributed by atoms with E-state index >= 15 is 0 Å². The van der Waals surface area contributed by atoms with E-state index in [2.05, 4.69) is 11.0 Å². The van der Waals surface area contributed by atoms with Gasteiger partial charge in [0, 0.05) is 18.4 Å². The molecule has 2 aliphatic heterocycles. The van der Waals surface area contributed by atoms with Crippen LogP contribution >= 0.6 is 0 Å². The molecule has 3 aromatic rings. The highest BCUT2D eigenvalue weighted by Gasteiger charge is 2.35. The van der Waals surface area contributed by atoms with E-state index in [0.717, 1.165) is 47.3 Å². The summed E-state index contributed by atoms with van der Waals surface area (Å²) in [5.41, 5.74) is 4.21. The molecular weight excluding hydrogens is 402 g/mol. The largest absolute Gasteiger partial charge is 0.494 e. The summed E-state index contributed by atoms with van der Waals surface area (Å²) in [7, 11) is 0. The lowest BCUT2D eigenvalue weighted by Crippen LogP contribution is -2.41. The van der Waals surface area contributed by atoms with Gasteiger partial charge in [-0.3, -0.25) is 19.3 Å². The molecule has 0 saturated carbocycles. The number of aliphatic imine (C=N–C) groups is 1. The smallest absolute Gasteiger partial charge is 0.323 e. The van der Waals surface area contributed by atoms with E-state index in [1.807, 2.05) is 67.8 Å². The number of nitrogens with zero attached hydrogens (tertiary/aromatic N) is 3. The third-order valence-electron chi connectivity index (χ3n) is 6.20. The van der Waals surface area contributed by atoms with Crippen LogP contribution in [-0.2, 0) is 22.6 Å². The SMILES string of the molecule is CC(C)(C)OC(=O)[C@@H]1CCCN1Cn1c(O)c(C2=Nc3ccccc3C2)c2ccccc21. The van der Waals surface area contributed by atoms with E-state index in [0.29, 0.717) is 13.1 Å². The molecule has 32 heavy (non-hydrogen) atoms. The summed E-state index contributed by atoms with van der Waals surface area (Å²) in [6.45, 7) is 6.89. The number of esters is 1. The van der Waals surface area contributed by atoms with E-state index in [1.54, 1.807) is 0 Å². The number of ether oxygens (including phenoxy) is 1. The molecule has 2 aromatic carbocycles. The predicted molar refractivity (Wildman–Crippen MR) is 126 cm³/mol. The molecule has 0 radical (unpaired) electrons. The molecule has 0 unspecified atom stereocenters. The normalized spacial score (nSPS) is 18.7. The van der Waals surface area contributed by atoms with Gasteiger partial charge in [-0.2, -0.15) is 0 Å². The minimum atomic E-state index is -0.517. The molecule has 1 fully saturated rings. The second-order valence-corrected chi connectivity index (χ2v) is 9.65. The Morgan fingerprint density at radius 2 is 1.91 bits per heavy atom. The Morgan fingerprint density at radius 1 is 1.16 bits per heavy atom. The van der Waals surface area contributed by atoms with Gasteiger partial charge in [0.1, 0.15) is 11.6 Å². The standard InChI is InChI=1S/C26H29N3O3/c1-26(2,3)32-25(31)22-13-8-14-28(22)16-29-21-12-7-5-10-18(21)23(24(29)30)20-15-17-9-4-6-11-19(17)27-20/h4-7,9-12,22,30H,8,13-16H2,1-3H3/t22-/m0/s1. The number of likely N-dealkylation sites (tertiary alicyclic amines) is 1. The van der Waals surface area contributed by atoms with Crippen LogP contribution in [0.4, 0.5) is 5.69 Å². The molecule has 1 saturated heterocycles. The van der Waals surface area contributed by atoms with E-state index in [4.69, 9.17) is 9.73 Å². The second kappa shape index (κ2) is 7.78. The maximum atomic E-state index is 12.8. The van der Waals surface area contributed by atoms with Crippen LogP contribution in [0.25, 0.3) is 10.9 Å². The molecule has 0 aliphatic carbocycles. The van der Waals surface area contributed by atoms with Gasteiger partial charge in [0.25, 0.3) is 0 Å². The van der Waals surface area contributed by atoms with Crippen LogP contribution in [0.15, 0.2) is 53.5 Å². The number of carbonyl (C=O) groups is 1. The van der Waals surface area contributed by atoms with Crippen molar-refractivity contribution < 1.29 is 14.6 Å². The zero-order valence-corrected chi connectivity index (χ0v) is 18.8. The fourth-order valence-corrected chi connectivity index (χ4v) is 4.81. The van der Waals surface area contributed by atoms with Gasteiger partial charge >= 0.3 is 5.97 Å². The van der Waals surface area contributed by atoms with Crippen LogP contribution in [-0.4, -0.2) is 44.4 Å². The Balaban J connectivity index is 1.50. The van der Waals surface area contributed by atoms with Gasteiger partial charge in [-0.15, -0.1) is 0 Å².